The highest BCUT2D eigenvalue weighted by molar-refractivity contribution is 6.30. The topological polar surface area (TPSA) is 102 Å². The van der Waals surface area contributed by atoms with Gasteiger partial charge in [0, 0.05) is 60.5 Å². The minimum absolute atomic E-state index is 0.00433. The van der Waals surface area contributed by atoms with Gasteiger partial charge in [-0.25, -0.2) is 4.39 Å². The van der Waals surface area contributed by atoms with E-state index < -0.39 is 18.1 Å². The second kappa shape index (κ2) is 10.1. The average molecular weight is 540 g/mol. The molecule has 200 valence electrons. The Hall–Kier alpha value is -3.27. The molecule has 3 fully saturated rings. The Labute approximate surface area is 225 Å². The first-order valence-electron chi connectivity index (χ1n) is 12.6. The minimum Gasteiger partial charge on any atom is -0.376 e. The number of benzene rings is 2. The highest BCUT2D eigenvalue weighted by Crippen LogP contribution is 2.47. The Morgan fingerprint density at radius 3 is 2.68 bits per heavy atom. The Balaban J connectivity index is 1.37. The summed E-state index contributed by atoms with van der Waals surface area (Å²) in [5, 5.41) is 23.3. The minimum atomic E-state index is -0.974. The van der Waals surface area contributed by atoms with Crippen molar-refractivity contribution in [3.05, 3.63) is 70.1 Å². The maximum Gasteiger partial charge on any atom is 0.238 e. The van der Waals surface area contributed by atoms with Gasteiger partial charge < -0.3 is 19.9 Å². The Bertz CT molecular complexity index is 1430. The highest BCUT2D eigenvalue weighted by atomic mass is 35.5. The maximum atomic E-state index is 14.3. The molecule has 1 aromatic heterocycles. The van der Waals surface area contributed by atoms with Gasteiger partial charge in [-0.1, -0.05) is 35.9 Å². The van der Waals surface area contributed by atoms with Crippen molar-refractivity contribution in [2.45, 2.75) is 51.2 Å². The zero-order valence-electron chi connectivity index (χ0n) is 21.5. The third-order valence-corrected chi connectivity index (χ3v) is 8.07. The summed E-state index contributed by atoms with van der Waals surface area (Å²) in [7, 11) is 3.59. The number of aliphatic hydroxyl groups is 1. The molecule has 1 amide bonds. The van der Waals surface area contributed by atoms with Gasteiger partial charge in [-0.2, -0.15) is 0 Å². The van der Waals surface area contributed by atoms with Gasteiger partial charge in [0.1, 0.15) is 17.9 Å². The molecule has 8 nitrogen and oxygen atoms in total. The first-order chi connectivity index (χ1) is 18.1. The molecule has 3 aromatic rings. The number of ketones is 1. The zero-order chi connectivity index (χ0) is 27.3. The van der Waals surface area contributed by atoms with Crippen LogP contribution in [0.3, 0.4) is 0 Å². The van der Waals surface area contributed by atoms with Crippen molar-refractivity contribution in [2.75, 3.05) is 14.1 Å². The number of fused-ring (bicyclic) bond motifs is 2. The first kappa shape index (κ1) is 26.3. The highest BCUT2D eigenvalue weighted by Gasteiger charge is 2.55. The Morgan fingerprint density at radius 1 is 1.26 bits per heavy atom. The summed E-state index contributed by atoms with van der Waals surface area (Å²) in [5.41, 5.74) is 2.28. The Kier molecular flexibility index (Phi) is 7.02. The number of amides is 1. The summed E-state index contributed by atoms with van der Waals surface area (Å²) in [6.07, 6.45) is 2.39. The van der Waals surface area contributed by atoms with Gasteiger partial charge in [-0.05, 0) is 37.8 Å². The predicted molar refractivity (Wildman–Crippen MR) is 144 cm³/mol. The lowest BCUT2D eigenvalue weighted by Gasteiger charge is -2.31. The molecule has 2 bridgehead atoms. The summed E-state index contributed by atoms with van der Waals surface area (Å²) in [6, 6.07) is 9.74. The lowest BCUT2D eigenvalue weighted by Crippen LogP contribution is -2.49. The van der Waals surface area contributed by atoms with Crippen molar-refractivity contribution in [3.8, 4) is 0 Å². The summed E-state index contributed by atoms with van der Waals surface area (Å²) in [6.45, 7) is 1.66. The number of carbonyl (C=O) groups is 2. The van der Waals surface area contributed by atoms with Crippen molar-refractivity contribution in [2.24, 2.45) is 5.92 Å². The second-order valence-electron chi connectivity index (χ2n) is 10.4. The number of rotatable bonds is 8. The van der Waals surface area contributed by atoms with Crippen LogP contribution in [0, 0.1) is 17.1 Å². The molecular weight excluding hydrogens is 509 g/mol. The lowest BCUT2D eigenvalue weighted by atomic mass is 9.82. The van der Waals surface area contributed by atoms with E-state index in [1.54, 1.807) is 37.3 Å². The fourth-order valence-electron chi connectivity index (χ4n) is 5.75. The molecule has 0 spiro atoms. The van der Waals surface area contributed by atoms with Crippen LogP contribution in [0.1, 0.15) is 41.3 Å². The number of carbonyl (C=O) groups excluding carboxylic acids is 2. The fourth-order valence-corrected chi connectivity index (χ4v) is 5.95. The molecule has 3 aliphatic rings. The maximum absolute atomic E-state index is 14.3. The molecule has 0 radical (unpaired) electrons. The number of Topliss-reactive ketones (excluding diaryl/α,β-unsaturated/α-hetero) is 1. The van der Waals surface area contributed by atoms with E-state index in [2.05, 4.69) is 5.32 Å². The summed E-state index contributed by atoms with van der Waals surface area (Å²) in [4.78, 5) is 29.1. The van der Waals surface area contributed by atoms with Crippen LogP contribution in [0.15, 0.2) is 42.6 Å². The van der Waals surface area contributed by atoms with Crippen LogP contribution >= 0.6 is 11.6 Å². The quantitative estimate of drug-likeness (QED) is 0.230. The van der Waals surface area contributed by atoms with E-state index in [-0.39, 0.29) is 41.8 Å². The van der Waals surface area contributed by atoms with E-state index in [0.29, 0.717) is 22.5 Å². The molecule has 1 saturated carbocycles. The van der Waals surface area contributed by atoms with Crippen LogP contribution in [-0.2, 0) is 17.9 Å². The smallest absolute Gasteiger partial charge is 0.238 e. The molecule has 10 heteroatoms. The van der Waals surface area contributed by atoms with Gasteiger partial charge >= 0.3 is 0 Å². The number of hydrogen-bond acceptors (Lipinski definition) is 5. The number of aliphatic hydroxyl groups excluding tert-OH is 1. The molecule has 2 aromatic carbocycles. The summed E-state index contributed by atoms with van der Waals surface area (Å²) < 4.78 is 16.1. The van der Waals surface area contributed by atoms with Gasteiger partial charge in [0.15, 0.2) is 5.78 Å². The van der Waals surface area contributed by atoms with Crippen molar-refractivity contribution in [3.63, 3.8) is 0 Å². The average Bonchev–Trinajstić information content (AvgIpc) is 3.53. The third kappa shape index (κ3) is 4.59. The molecule has 38 heavy (non-hydrogen) atoms. The van der Waals surface area contributed by atoms with E-state index in [1.807, 2.05) is 27.7 Å². The number of amidine groups is 1. The van der Waals surface area contributed by atoms with E-state index >= 15 is 0 Å². The molecule has 3 N–H and O–H groups in total. The second-order valence-corrected chi connectivity index (χ2v) is 10.8. The predicted octanol–water partition coefficient (Wildman–Crippen LogP) is 3.62. The lowest BCUT2D eigenvalue weighted by molar-refractivity contribution is -0.130. The third-order valence-electron chi connectivity index (χ3n) is 7.78. The largest absolute Gasteiger partial charge is 0.376 e. The number of halogens is 2. The molecule has 6 rings (SSSR count). The van der Waals surface area contributed by atoms with Crippen LogP contribution in [-0.4, -0.2) is 69.4 Å². The van der Waals surface area contributed by atoms with Crippen LogP contribution < -0.4 is 5.32 Å². The summed E-state index contributed by atoms with van der Waals surface area (Å²) in [5.74, 6) is -0.438. The monoisotopic (exact) mass is 539 g/mol. The van der Waals surface area contributed by atoms with E-state index in [1.165, 1.54) is 13.0 Å². The molecule has 2 atom stereocenters. The van der Waals surface area contributed by atoms with Crippen molar-refractivity contribution >= 4 is 40.0 Å². The normalized spacial score (nSPS) is 21.3. The van der Waals surface area contributed by atoms with Gasteiger partial charge in [-0.3, -0.25) is 19.9 Å². The van der Waals surface area contributed by atoms with E-state index in [0.717, 1.165) is 23.7 Å². The molecule has 3 heterocycles. The molecule has 1 unspecified atom stereocenters. The van der Waals surface area contributed by atoms with Crippen LogP contribution in [0.4, 0.5) is 4.39 Å². The molecule has 1 aliphatic carbocycles. The molecular formula is C28H31ClFN5O3. The summed E-state index contributed by atoms with van der Waals surface area (Å²) >= 11 is 5.87. The van der Waals surface area contributed by atoms with Crippen molar-refractivity contribution in [1.29, 1.82) is 5.41 Å². The van der Waals surface area contributed by atoms with Gasteiger partial charge in [0.05, 0.1) is 17.6 Å². The van der Waals surface area contributed by atoms with Crippen LogP contribution in [0.25, 0.3) is 10.9 Å². The molecule has 2 aliphatic heterocycles. The van der Waals surface area contributed by atoms with E-state index in [9.17, 15) is 19.1 Å². The number of nitrogens with one attached hydrogen (secondary N) is 2. The van der Waals surface area contributed by atoms with Crippen molar-refractivity contribution < 1.29 is 19.1 Å². The van der Waals surface area contributed by atoms with Gasteiger partial charge in [0.25, 0.3) is 0 Å². The number of aromatic nitrogens is 1. The SMILES string of the molecule is CC(=O)c1cn(CC(O)N2C3CC(C3)[C@H]2C(=O)NCc2cccc(Cl)c2F)c2cc(C(=N)N(C)C)ccc12. The fraction of sp³-hybridized carbons (Fsp3) is 0.393. The van der Waals surface area contributed by atoms with E-state index in [4.69, 9.17) is 17.0 Å². The number of hydrogen-bond donors (Lipinski definition) is 3. The zero-order valence-corrected chi connectivity index (χ0v) is 22.3. The van der Waals surface area contributed by atoms with Gasteiger partial charge in [-0.15, -0.1) is 0 Å². The number of nitrogens with zero attached hydrogens (tertiary/aromatic N) is 3. The van der Waals surface area contributed by atoms with Gasteiger partial charge in [0.2, 0.25) is 5.91 Å². The van der Waals surface area contributed by atoms with Crippen molar-refractivity contribution in [1.82, 2.24) is 19.7 Å². The Morgan fingerprint density at radius 2 is 2.00 bits per heavy atom. The molecule has 2 saturated heterocycles. The van der Waals surface area contributed by atoms with Crippen LogP contribution in [0.5, 0.6) is 0 Å². The first-order valence-corrected chi connectivity index (χ1v) is 13.0. The standard InChI is InChI=1S/C28H31ClFN5O3/c1-15(36)21-13-34(23-11-16(7-8-20(21)23)27(31)33(2)3)14-24(37)35-19-9-18(10-19)26(35)28(38)32-12-17-5-4-6-22(29)25(17)30/h4-8,11,13,18-19,24,26,31,37H,9-10,12,14H2,1-3H3,(H,32,38)/t18?,19?,24?,26-/m0/s1. The van der Waals surface area contributed by atoms with Crippen LogP contribution in [0.2, 0.25) is 5.02 Å².